The maximum Gasteiger partial charge on any atom is 0.0550 e. The molecule has 2 nitrogen and oxygen atoms in total. The van der Waals surface area contributed by atoms with Crippen LogP contribution in [0.4, 0.5) is 0 Å². The highest BCUT2D eigenvalue weighted by atomic mass is 31.1. The van der Waals surface area contributed by atoms with Crippen LogP contribution >= 0.6 is 7.92 Å². The number of hydrogen-bond donors (Lipinski definition) is 2. The first-order valence-corrected chi connectivity index (χ1v) is 5.01. The molecule has 52 valence electrons. The van der Waals surface area contributed by atoms with Crippen LogP contribution < -0.4 is 5.32 Å². The summed E-state index contributed by atoms with van der Waals surface area (Å²) < 4.78 is 0. The van der Waals surface area contributed by atoms with E-state index in [0.717, 1.165) is 5.45 Å². The van der Waals surface area contributed by atoms with Crippen LogP contribution in [0.3, 0.4) is 0 Å². The second-order valence-corrected chi connectivity index (χ2v) is 4.17. The minimum atomic E-state index is -0.217. The first-order valence-electron chi connectivity index (χ1n) is 2.78. The van der Waals surface area contributed by atoms with Crippen LogP contribution in [0.25, 0.3) is 0 Å². The molecule has 0 radical (unpaired) electrons. The van der Waals surface area contributed by atoms with Crippen LogP contribution in [0, 0.1) is 5.41 Å². The largest absolute Gasteiger partial charge is 0.394 e. The Balaban J connectivity index is 3.63. The molecule has 0 spiro atoms. The van der Waals surface area contributed by atoms with Gasteiger partial charge in [-0.3, -0.25) is 0 Å². The van der Waals surface area contributed by atoms with E-state index in [0.29, 0.717) is 0 Å². The summed E-state index contributed by atoms with van der Waals surface area (Å²) in [4.78, 5) is 0. The van der Waals surface area contributed by atoms with Gasteiger partial charge in [0.25, 0.3) is 0 Å². The van der Waals surface area contributed by atoms with Crippen LogP contribution in [0.1, 0.15) is 0 Å². The third-order valence-electron chi connectivity index (χ3n) is 0.890. The monoisotopic (exact) mass is 144 g/mol. The van der Waals surface area contributed by atoms with E-state index in [9.17, 15) is 0 Å². The van der Waals surface area contributed by atoms with E-state index in [1.807, 2.05) is 7.05 Å². The van der Waals surface area contributed by atoms with Gasteiger partial charge in [-0.1, -0.05) is 7.92 Å². The van der Waals surface area contributed by atoms with Crippen LogP contribution in [-0.4, -0.2) is 25.8 Å². The highest BCUT2D eigenvalue weighted by Gasteiger charge is 1.93. The summed E-state index contributed by atoms with van der Waals surface area (Å²) in [6.45, 7) is 4.13. The fraction of sp³-hybridized carbons (Fsp3) is 0.500. The molecule has 0 heterocycles. The maximum atomic E-state index is 7.35. The van der Waals surface area contributed by atoms with Gasteiger partial charge in [0.05, 0.1) is 5.45 Å². The lowest BCUT2D eigenvalue weighted by Crippen LogP contribution is -1.94. The van der Waals surface area contributed by atoms with Crippen molar-refractivity contribution in [2.45, 2.75) is 0 Å². The first-order chi connectivity index (χ1) is 4.18. The standard InChI is InChI=1S/C6H13N2P/c1-8-5-4-6(7)9(2)3/h4-5,7-8H,1-3H3/b5-4-,7-6?. The Kier molecular flexibility index (Phi) is 4.33. The minimum Gasteiger partial charge on any atom is -0.394 e. The van der Waals surface area contributed by atoms with Crippen LogP contribution in [0.15, 0.2) is 12.3 Å². The molecule has 0 saturated carbocycles. The normalized spacial score (nSPS) is 10.7. The van der Waals surface area contributed by atoms with Crippen LogP contribution in [0.5, 0.6) is 0 Å². The van der Waals surface area contributed by atoms with Crippen LogP contribution in [0.2, 0.25) is 0 Å². The van der Waals surface area contributed by atoms with Crippen molar-refractivity contribution in [2.75, 3.05) is 20.4 Å². The fourth-order valence-electron chi connectivity index (χ4n) is 0.311. The van der Waals surface area contributed by atoms with Gasteiger partial charge >= 0.3 is 0 Å². The summed E-state index contributed by atoms with van der Waals surface area (Å²) in [5.41, 5.74) is 0.722. The molecule has 0 unspecified atom stereocenters. The van der Waals surface area contributed by atoms with E-state index in [1.54, 1.807) is 12.3 Å². The number of nitrogens with one attached hydrogen (secondary N) is 2. The first kappa shape index (κ1) is 8.64. The maximum absolute atomic E-state index is 7.35. The Hall–Kier alpha value is -0.360. The van der Waals surface area contributed by atoms with Crippen molar-refractivity contribution in [2.24, 2.45) is 0 Å². The number of hydrogen-bond acceptors (Lipinski definition) is 2. The third kappa shape index (κ3) is 4.16. The van der Waals surface area contributed by atoms with E-state index in [-0.39, 0.29) is 7.92 Å². The zero-order valence-electron chi connectivity index (χ0n) is 6.10. The molecule has 0 atom stereocenters. The summed E-state index contributed by atoms with van der Waals surface area (Å²) in [5.74, 6) is 0. The van der Waals surface area contributed by atoms with Crippen molar-refractivity contribution in [1.29, 1.82) is 5.41 Å². The lowest BCUT2D eigenvalue weighted by atomic mass is 10.6. The van der Waals surface area contributed by atoms with E-state index in [2.05, 4.69) is 18.6 Å². The van der Waals surface area contributed by atoms with Gasteiger partial charge in [0.15, 0.2) is 0 Å². The van der Waals surface area contributed by atoms with E-state index < -0.39 is 0 Å². The summed E-state index contributed by atoms with van der Waals surface area (Å²) in [7, 11) is 1.61. The molecule has 0 amide bonds. The highest BCUT2D eigenvalue weighted by Crippen LogP contribution is 2.25. The predicted octanol–water partition coefficient (Wildman–Crippen LogP) is 1.44. The van der Waals surface area contributed by atoms with Gasteiger partial charge in [-0.05, 0) is 25.6 Å². The third-order valence-corrected chi connectivity index (χ3v) is 2.00. The van der Waals surface area contributed by atoms with Gasteiger partial charge in [0.1, 0.15) is 0 Å². The summed E-state index contributed by atoms with van der Waals surface area (Å²) >= 11 is 0. The van der Waals surface area contributed by atoms with Gasteiger partial charge in [0.2, 0.25) is 0 Å². The lowest BCUT2D eigenvalue weighted by Gasteiger charge is -2.00. The second-order valence-electron chi connectivity index (χ2n) is 1.90. The number of rotatable bonds is 3. The molecule has 2 N–H and O–H groups in total. The molecule has 3 heteroatoms. The molecule has 0 aliphatic rings. The zero-order valence-corrected chi connectivity index (χ0v) is 7.00. The quantitative estimate of drug-likeness (QED) is 0.456. The predicted molar refractivity (Wildman–Crippen MR) is 44.7 cm³/mol. The van der Waals surface area contributed by atoms with Crippen molar-refractivity contribution in [1.82, 2.24) is 5.32 Å². The second kappa shape index (κ2) is 4.51. The number of allylic oxidation sites excluding steroid dienone is 1. The fourth-order valence-corrected chi connectivity index (χ4v) is 0.684. The van der Waals surface area contributed by atoms with Crippen LogP contribution in [-0.2, 0) is 0 Å². The Morgan fingerprint density at radius 2 is 2.11 bits per heavy atom. The molecular weight excluding hydrogens is 131 g/mol. The minimum absolute atomic E-state index is 0.217. The molecule has 0 aliphatic heterocycles. The van der Waals surface area contributed by atoms with Crippen molar-refractivity contribution >= 4 is 13.4 Å². The molecule has 0 bridgehead atoms. The van der Waals surface area contributed by atoms with E-state index in [4.69, 9.17) is 5.41 Å². The molecule has 0 aromatic carbocycles. The van der Waals surface area contributed by atoms with Gasteiger partial charge in [-0.2, -0.15) is 0 Å². The van der Waals surface area contributed by atoms with Crippen molar-refractivity contribution in [3.63, 3.8) is 0 Å². The Bertz CT molecular complexity index is 118. The lowest BCUT2D eigenvalue weighted by molar-refractivity contribution is 1.11. The Morgan fingerprint density at radius 3 is 2.44 bits per heavy atom. The highest BCUT2D eigenvalue weighted by molar-refractivity contribution is 7.74. The smallest absolute Gasteiger partial charge is 0.0550 e. The van der Waals surface area contributed by atoms with Crippen molar-refractivity contribution in [3.8, 4) is 0 Å². The van der Waals surface area contributed by atoms with Gasteiger partial charge in [0, 0.05) is 7.05 Å². The van der Waals surface area contributed by atoms with Gasteiger partial charge < -0.3 is 10.7 Å². The van der Waals surface area contributed by atoms with E-state index in [1.165, 1.54) is 0 Å². The molecule has 0 fully saturated rings. The SMILES string of the molecule is CN/C=C\C(=N)P(C)C. The molecule has 0 saturated heterocycles. The average Bonchev–Trinajstić information content (AvgIpc) is 1.82. The van der Waals surface area contributed by atoms with E-state index >= 15 is 0 Å². The summed E-state index contributed by atoms with van der Waals surface area (Å²) in [6, 6.07) is 0. The molecule has 0 aromatic heterocycles. The van der Waals surface area contributed by atoms with Crippen molar-refractivity contribution < 1.29 is 0 Å². The molecule has 0 aliphatic carbocycles. The van der Waals surface area contributed by atoms with Gasteiger partial charge in [-0.25, -0.2) is 0 Å². The summed E-state index contributed by atoms with van der Waals surface area (Å²) in [6.07, 6.45) is 3.58. The van der Waals surface area contributed by atoms with Crippen molar-refractivity contribution in [3.05, 3.63) is 12.3 Å². The molecule has 9 heavy (non-hydrogen) atoms. The molecular formula is C6H13N2P. The Labute approximate surface area is 57.6 Å². The molecule has 0 aromatic rings. The zero-order chi connectivity index (χ0) is 7.28. The Morgan fingerprint density at radius 1 is 1.56 bits per heavy atom. The van der Waals surface area contributed by atoms with Gasteiger partial charge in [-0.15, -0.1) is 0 Å². The average molecular weight is 144 g/mol. The topological polar surface area (TPSA) is 35.9 Å². The molecule has 0 rings (SSSR count). The summed E-state index contributed by atoms with van der Waals surface area (Å²) in [5, 5.41) is 10.2.